The fourth-order valence-electron chi connectivity index (χ4n) is 4.99. The van der Waals surface area contributed by atoms with Crippen LogP contribution in [0.25, 0.3) is 0 Å². The number of allylic oxidation sites excluding steroid dienone is 1. The molecule has 3 aliphatic rings. The van der Waals surface area contributed by atoms with E-state index in [0.29, 0.717) is 34.5 Å². The third kappa shape index (κ3) is 6.18. The molecule has 0 spiro atoms. The molecule has 0 aliphatic carbocycles. The Kier molecular flexibility index (Phi) is 8.76. The SMILES string of the molecule is COc1cc(OC)cc([C@@H]2C(C(=O)OCc3ccccc3)=C(C)N=C3SC=C(CC(=O)NC[C@@H]4CCCO4)N32)c1. The highest BCUT2D eigenvalue weighted by molar-refractivity contribution is 8.16. The zero-order valence-corrected chi connectivity index (χ0v) is 23.7. The van der Waals surface area contributed by atoms with Crippen molar-refractivity contribution in [2.75, 3.05) is 27.4 Å². The van der Waals surface area contributed by atoms with Crippen LogP contribution in [0.1, 0.15) is 43.4 Å². The van der Waals surface area contributed by atoms with E-state index in [4.69, 9.17) is 23.9 Å². The van der Waals surface area contributed by atoms with Gasteiger partial charge in [-0.3, -0.25) is 4.79 Å². The molecular formula is C30H33N3O6S. The fourth-order valence-corrected chi connectivity index (χ4v) is 5.96. The second-order valence-corrected chi connectivity index (χ2v) is 10.6. The molecule has 0 saturated carbocycles. The third-order valence-corrected chi connectivity index (χ3v) is 7.90. The number of methoxy groups -OCH3 is 2. The second-order valence-electron chi connectivity index (χ2n) is 9.72. The van der Waals surface area contributed by atoms with Crippen molar-refractivity contribution < 1.29 is 28.5 Å². The number of amidine groups is 1. The quantitative estimate of drug-likeness (QED) is 0.415. The van der Waals surface area contributed by atoms with E-state index in [1.165, 1.54) is 11.8 Å². The van der Waals surface area contributed by atoms with Crippen molar-refractivity contribution in [3.8, 4) is 11.5 Å². The van der Waals surface area contributed by atoms with Crippen LogP contribution < -0.4 is 14.8 Å². The number of ether oxygens (including phenoxy) is 4. The lowest BCUT2D eigenvalue weighted by Crippen LogP contribution is -2.38. The highest BCUT2D eigenvalue weighted by Crippen LogP contribution is 2.46. The van der Waals surface area contributed by atoms with E-state index >= 15 is 0 Å². The maximum atomic E-state index is 13.7. The van der Waals surface area contributed by atoms with Gasteiger partial charge in [0.1, 0.15) is 18.1 Å². The van der Waals surface area contributed by atoms with Gasteiger partial charge in [0.25, 0.3) is 0 Å². The number of esters is 1. The van der Waals surface area contributed by atoms with Crippen LogP contribution in [0.3, 0.4) is 0 Å². The average Bonchev–Trinajstić information content (AvgIpc) is 3.64. The van der Waals surface area contributed by atoms with E-state index in [2.05, 4.69) is 5.32 Å². The summed E-state index contributed by atoms with van der Waals surface area (Å²) in [5, 5.41) is 5.60. The summed E-state index contributed by atoms with van der Waals surface area (Å²) >= 11 is 1.43. The van der Waals surface area contributed by atoms with Gasteiger partial charge in [-0.25, -0.2) is 9.79 Å². The van der Waals surface area contributed by atoms with Gasteiger partial charge in [-0.2, -0.15) is 0 Å². The molecule has 3 heterocycles. The first-order chi connectivity index (χ1) is 19.5. The smallest absolute Gasteiger partial charge is 0.338 e. The minimum atomic E-state index is -0.605. The number of amides is 1. The van der Waals surface area contributed by atoms with Crippen molar-refractivity contribution >= 4 is 28.8 Å². The minimum absolute atomic E-state index is 0.0524. The molecule has 40 heavy (non-hydrogen) atoms. The Morgan fingerprint density at radius 2 is 1.88 bits per heavy atom. The van der Waals surface area contributed by atoms with Crippen LogP contribution in [0.2, 0.25) is 0 Å². The molecule has 5 rings (SSSR count). The van der Waals surface area contributed by atoms with E-state index in [9.17, 15) is 9.59 Å². The van der Waals surface area contributed by atoms with Gasteiger partial charge in [0, 0.05) is 24.9 Å². The van der Waals surface area contributed by atoms with Crippen LogP contribution in [-0.2, 0) is 25.7 Å². The molecular weight excluding hydrogens is 530 g/mol. The van der Waals surface area contributed by atoms with Crippen molar-refractivity contribution in [2.45, 2.75) is 44.9 Å². The number of thioether (sulfide) groups is 1. The van der Waals surface area contributed by atoms with E-state index in [1.807, 2.05) is 52.8 Å². The summed E-state index contributed by atoms with van der Waals surface area (Å²) in [6.07, 6.45) is 2.13. The van der Waals surface area contributed by atoms with E-state index in [0.717, 1.165) is 36.3 Å². The molecule has 0 bridgehead atoms. The Bertz CT molecular complexity index is 1330. The lowest BCUT2D eigenvalue weighted by Gasteiger charge is -2.36. The zero-order chi connectivity index (χ0) is 28.1. The number of carbonyl (C=O) groups is 2. The molecule has 0 unspecified atom stereocenters. The first-order valence-corrected chi connectivity index (χ1v) is 14.1. The molecule has 1 fully saturated rings. The fraction of sp³-hybridized carbons (Fsp3) is 0.367. The molecule has 210 valence electrons. The van der Waals surface area contributed by atoms with Gasteiger partial charge >= 0.3 is 5.97 Å². The Balaban J connectivity index is 1.45. The number of aliphatic imine (C=N–C) groups is 1. The summed E-state index contributed by atoms with van der Waals surface area (Å²) in [7, 11) is 3.16. The Morgan fingerprint density at radius 3 is 2.55 bits per heavy atom. The number of rotatable bonds is 10. The summed E-state index contributed by atoms with van der Waals surface area (Å²) in [5.74, 6) is 0.569. The third-order valence-electron chi connectivity index (χ3n) is 7.02. The number of carbonyl (C=O) groups excluding carboxylic acids is 2. The largest absolute Gasteiger partial charge is 0.497 e. The second kappa shape index (κ2) is 12.6. The first-order valence-electron chi connectivity index (χ1n) is 13.2. The summed E-state index contributed by atoms with van der Waals surface area (Å²) in [4.78, 5) is 33.4. The highest BCUT2D eigenvalue weighted by Gasteiger charge is 2.41. The van der Waals surface area contributed by atoms with Crippen LogP contribution in [0.5, 0.6) is 11.5 Å². The molecule has 1 saturated heterocycles. The number of benzene rings is 2. The maximum absolute atomic E-state index is 13.7. The Hall–Kier alpha value is -3.76. The summed E-state index contributed by atoms with van der Waals surface area (Å²) < 4.78 is 22.5. The Labute approximate surface area is 238 Å². The molecule has 10 heteroatoms. The van der Waals surface area contributed by atoms with Crippen molar-refractivity contribution in [3.05, 3.63) is 82.0 Å². The predicted octanol–water partition coefficient (Wildman–Crippen LogP) is 4.71. The summed E-state index contributed by atoms with van der Waals surface area (Å²) in [6, 6.07) is 14.4. The van der Waals surface area contributed by atoms with Crippen LogP contribution in [0.15, 0.2) is 75.9 Å². The standard InChI is InChI=1S/C30H33N3O6S/c1-19-27(29(35)39-17-20-8-5-4-6-9-20)28(21-12-24(36-2)15-25(13-21)37-3)33-22(18-40-30(33)32-19)14-26(34)31-16-23-10-7-11-38-23/h4-6,8-9,12-13,15,18,23,28H,7,10-11,14,16-17H2,1-3H3,(H,31,34)/t23-,28+/m0/s1. The molecule has 9 nitrogen and oxygen atoms in total. The summed E-state index contributed by atoms with van der Waals surface area (Å²) in [6.45, 7) is 3.15. The molecule has 1 N–H and O–H groups in total. The van der Waals surface area contributed by atoms with Crippen LogP contribution in [-0.4, -0.2) is 55.4 Å². The monoisotopic (exact) mass is 563 g/mol. The molecule has 0 radical (unpaired) electrons. The molecule has 3 aliphatic heterocycles. The van der Waals surface area contributed by atoms with Gasteiger partial charge in [-0.05, 0) is 48.4 Å². The molecule has 2 atom stereocenters. The molecule has 2 aromatic rings. The highest BCUT2D eigenvalue weighted by atomic mass is 32.2. The van der Waals surface area contributed by atoms with Crippen molar-refractivity contribution in [2.24, 2.45) is 4.99 Å². The average molecular weight is 564 g/mol. The van der Waals surface area contributed by atoms with E-state index in [-0.39, 0.29) is 25.0 Å². The Morgan fingerprint density at radius 1 is 1.12 bits per heavy atom. The minimum Gasteiger partial charge on any atom is -0.497 e. The number of nitrogens with zero attached hydrogens (tertiary/aromatic N) is 2. The van der Waals surface area contributed by atoms with Crippen molar-refractivity contribution in [1.82, 2.24) is 10.2 Å². The van der Waals surface area contributed by atoms with Gasteiger partial charge in [0.05, 0.1) is 44.1 Å². The molecule has 2 aromatic carbocycles. The van der Waals surface area contributed by atoms with Crippen LogP contribution in [0.4, 0.5) is 0 Å². The first kappa shape index (κ1) is 27.8. The number of hydrogen-bond acceptors (Lipinski definition) is 9. The van der Waals surface area contributed by atoms with Gasteiger partial charge in [0.15, 0.2) is 5.17 Å². The van der Waals surface area contributed by atoms with Crippen LogP contribution >= 0.6 is 11.8 Å². The lowest BCUT2D eigenvalue weighted by molar-refractivity contribution is -0.141. The van der Waals surface area contributed by atoms with E-state index in [1.54, 1.807) is 27.2 Å². The summed E-state index contributed by atoms with van der Waals surface area (Å²) in [5.41, 5.74) is 3.32. The van der Waals surface area contributed by atoms with Gasteiger partial charge < -0.3 is 29.2 Å². The number of nitrogens with one attached hydrogen (secondary N) is 1. The topological polar surface area (TPSA) is 98.7 Å². The normalized spacial score (nSPS) is 20.0. The molecule has 0 aromatic heterocycles. The molecule has 1 amide bonds. The van der Waals surface area contributed by atoms with Crippen molar-refractivity contribution in [1.29, 1.82) is 0 Å². The van der Waals surface area contributed by atoms with E-state index < -0.39 is 12.0 Å². The number of fused-ring (bicyclic) bond motifs is 1. The maximum Gasteiger partial charge on any atom is 0.338 e. The van der Waals surface area contributed by atoms with Crippen molar-refractivity contribution in [3.63, 3.8) is 0 Å². The lowest BCUT2D eigenvalue weighted by atomic mass is 9.93. The van der Waals surface area contributed by atoms with Gasteiger partial charge in [-0.1, -0.05) is 42.1 Å². The predicted molar refractivity (Wildman–Crippen MR) is 153 cm³/mol. The van der Waals surface area contributed by atoms with Crippen LogP contribution in [0, 0.1) is 0 Å². The zero-order valence-electron chi connectivity index (χ0n) is 22.8. The van der Waals surface area contributed by atoms with Gasteiger partial charge in [-0.15, -0.1) is 0 Å². The van der Waals surface area contributed by atoms with Gasteiger partial charge in [0.2, 0.25) is 5.91 Å². The number of hydrogen-bond donors (Lipinski definition) is 1.